The lowest BCUT2D eigenvalue weighted by Crippen LogP contribution is -2.35. The number of nitrogens with two attached hydrogens (primary N) is 1. The van der Waals surface area contributed by atoms with Crippen molar-refractivity contribution in [2.45, 2.75) is 52.0 Å². The van der Waals surface area contributed by atoms with E-state index in [-0.39, 0.29) is 0 Å². The van der Waals surface area contributed by atoms with E-state index in [2.05, 4.69) is 18.7 Å². The van der Waals surface area contributed by atoms with Crippen molar-refractivity contribution in [3.63, 3.8) is 0 Å². The third-order valence-corrected chi connectivity index (χ3v) is 4.74. The molecule has 1 saturated carbocycles. The first-order valence-electron chi connectivity index (χ1n) is 6.63. The Hall–Kier alpha value is -0.610. The molecular formula is C13H23N3S. The van der Waals surface area contributed by atoms with Gasteiger partial charge in [0.1, 0.15) is 0 Å². The lowest BCUT2D eigenvalue weighted by atomic mass is 10.2. The van der Waals surface area contributed by atoms with E-state index in [1.165, 1.54) is 41.4 Å². The van der Waals surface area contributed by atoms with Crippen molar-refractivity contribution in [3.05, 3.63) is 10.6 Å². The van der Waals surface area contributed by atoms with Crippen LogP contribution in [0.3, 0.4) is 0 Å². The second kappa shape index (κ2) is 5.83. The van der Waals surface area contributed by atoms with E-state index < -0.39 is 0 Å². The van der Waals surface area contributed by atoms with Crippen LogP contribution >= 0.6 is 11.3 Å². The standard InChI is InChI=1S/C13H23N3S/c1-10-11(2)17-13(15-10)16(9-5-8-14)12-6-3-4-7-12/h12H,3-9,14H2,1-2H3. The summed E-state index contributed by atoms with van der Waals surface area (Å²) in [4.78, 5) is 8.56. The van der Waals surface area contributed by atoms with Crippen molar-refractivity contribution in [1.82, 2.24) is 4.98 Å². The molecule has 0 saturated heterocycles. The van der Waals surface area contributed by atoms with Crippen LogP contribution in [0.25, 0.3) is 0 Å². The van der Waals surface area contributed by atoms with Gasteiger partial charge in [-0.15, -0.1) is 11.3 Å². The molecule has 3 nitrogen and oxygen atoms in total. The average molecular weight is 253 g/mol. The Balaban J connectivity index is 2.13. The third-order valence-electron chi connectivity index (χ3n) is 3.63. The topological polar surface area (TPSA) is 42.2 Å². The summed E-state index contributed by atoms with van der Waals surface area (Å²) in [6.45, 7) is 6.09. The Labute approximate surface area is 108 Å². The molecule has 0 radical (unpaired) electrons. The van der Waals surface area contributed by atoms with Crippen LogP contribution in [-0.4, -0.2) is 24.1 Å². The SMILES string of the molecule is Cc1nc(N(CCCN)C2CCCC2)sc1C. The van der Waals surface area contributed by atoms with Crippen LogP contribution < -0.4 is 10.6 Å². The van der Waals surface area contributed by atoms with E-state index >= 15 is 0 Å². The molecule has 1 heterocycles. The normalized spacial score (nSPS) is 16.6. The Morgan fingerprint density at radius 3 is 2.59 bits per heavy atom. The van der Waals surface area contributed by atoms with Gasteiger partial charge < -0.3 is 10.6 Å². The van der Waals surface area contributed by atoms with Gasteiger partial charge in [0.15, 0.2) is 5.13 Å². The van der Waals surface area contributed by atoms with Gasteiger partial charge in [0.05, 0.1) is 5.69 Å². The molecular weight excluding hydrogens is 230 g/mol. The molecule has 0 bridgehead atoms. The van der Waals surface area contributed by atoms with Gasteiger partial charge in [0.2, 0.25) is 0 Å². The molecule has 4 heteroatoms. The number of aromatic nitrogens is 1. The summed E-state index contributed by atoms with van der Waals surface area (Å²) in [6, 6.07) is 0.700. The lowest BCUT2D eigenvalue weighted by molar-refractivity contribution is 0.591. The van der Waals surface area contributed by atoms with E-state index in [1.54, 1.807) is 0 Å². The number of thiazole rings is 1. The van der Waals surface area contributed by atoms with Crippen LogP contribution in [0.1, 0.15) is 42.7 Å². The molecule has 0 unspecified atom stereocenters. The van der Waals surface area contributed by atoms with Crippen molar-refractivity contribution in [1.29, 1.82) is 0 Å². The van der Waals surface area contributed by atoms with Gasteiger partial charge >= 0.3 is 0 Å². The van der Waals surface area contributed by atoms with E-state index in [0.29, 0.717) is 6.04 Å². The molecule has 0 aliphatic heterocycles. The van der Waals surface area contributed by atoms with Gasteiger partial charge in [-0.2, -0.15) is 0 Å². The number of hydrogen-bond acceptors (Lipinski definition) is 4. The molecule has 2 rings (SSSR count). The van der Waals surface area contributed by atoms with Gasteiger partial charge in [0.25, 0.3) is 0 Å². The first-order chi connectivity index (χ1) is 8.22. The van der Waals surface area contributed by atoms with Crippen LogP contribution in [0.5, 0.6) is 0 Å². The minimum absolute atomic E-state index is 0.700. The number of nitrogens with zero attached hydrogens (tertiary/aromatic N) is 2. The molecule has 0 aromatic carbocycles. The summed E-state index contributed by atoms with van der Waals surface area (Å²) >= 11 is 1.83. The van der Waals surface area contributed by atoms with Gasteiger partial charge in [-0.25, -0.2) is 4.98 Å². The van der Waals surface area contributed by atoms with Crippen molar-refractivity contribution in [2.75, 3.05) is 18.0 Å². The molecule has 1 aromatic heterocycles. The second-order valence-electron chi connectivity index (χ2n) is 4.91. The molecule has 17 heavy (non-hydrogen) atoms. The Morgan fingerprint density at radius 1 is 1.35 bits per heavy atom. The van der Waals surface area contributed by atoms with E-state index in [0.717, 1.165) is 19.5 Å². The minimum atomic E-state index is 0.700. The van der Waals surface area contributed by atoms with Crippen molar-refractivity contribution in [2.24, 2.45) is 5.73 Å². The zero-order valence-corrected chi connectivity index (χ0v) is 11.7. The Kier molecular flexibility index (Phi) is 4.40. The highest BCUT2D eigenvalue weighted by Crippen LogP contribution is 2.32. The minimum Gasteiger partial charge on any atom is -0.345 e. The van der Waals surface area contributed by atoms with E-state index in [9.17, 15) is 0 Å². The summed E-state index contributed by atoms with van der Waals surface area (Å²) in [5.74, 6) is 0. The first kappa shape index (κ1) is 12.8. The highest BCUT2D eigenvalue weighted by atomic mass is 32.1. The van der Waals surface area contributed by atoms with Gasteiger partial charge in [-0.3, -0.25) is 0 Å². The maximum Gasteiger partial charge on any atom is 0.186 e. The maximum absolute atomic E-state index is 5.65. The molecule has 1 aliphatic carbocycles. The fourth-order valence-electron chi connectivity index (χ4n) is 2.49. The molecule has 0 amide bonds. The summed E-state index contributed by atoms with van der Waals surface area (Å²) in [5.41, 5.74) is 6.83. The molecule has 2 N–H and O–H groups in total. The number of rotatable bonds is 5. The van der Waals surface area contributed by atoms with Gasteiger partial charge in [-0.05, 0) is 39.7 Å². The summed E-state index contributed by atoms with van der Waals surface area (Å²) in [5, 5.41) is 1.21. The van der Waals surface area contributed by atoms with E-state index in [4.69, 9.17) is 10.7 Å². The molecule has 1 aromatic rings. The predicted molar refractivity (Wildman–Crippen MR) is 74.9 cm³/mol. The summed E-state index contributed by atoms with van der Waals surface area (Å²) < 4.78 is 0. The number of anilines is 1. The lowest BCUT2D eigenvalue weighted by Gasteiger charge is -2.28. The molecule has 0 atom stereocenters. The monoisotopic (exact) mass is 253 g/mol. The average Bonchev–Trinajstić information content (AvgIpc) is 2.92. The Morgan fingerprint density at radius 2 is 2.06 bits per heavy atom. The van der Waals surface area contributed by atoms with Gasteiger partial charge in [0, 0.05) is 17.5 Å². The number of hydrogen-bond donors (Lipinski definition) is 1. The third kappa shape index (κ3) is 2.99. The first-order valence-corrected chi connectivity index (χ1v) is 7.44. The zero-order chi connectivity index (χ0) is 12.3. The predicted octanol–water partition coefficient (Wildman–Crippen LogP) is 2.86. The molecule has 1 fully saturated rings. The van der Waals surface area contributed by atoms with E-state index in [1.807, 2.05) is 11.3 Å². The fourth-order valence-corrected chi connectivity index (χ4v) is 3.50. The molecule has 0 spiro atoms. The summed E-state index contributed by atoms with van der Waals surface area (Å²) in [6.07, 6.45) is 6.44. The highest BCUT2D eigenvalue weighted by molar-refractivity contribution is 7.15. The largest absolute Gasteiger partial charge is 0.345 e. The van der Waals surface area contributed by atoms with Gasteiger partial charge in [-0.1, -0.05) is 12.8 Å². The quantitative estimate of drug-likeness (QED) is 0.877. The second-order valence-corrected chi connectivity index (χ2v) is 6.09. The van der Waals surface area contributed by atoms with Crippen LogP contribution in [0.2, 0.25) is 0 Å². The van der Waals surface area contributed by atoms with Crippen LogP contribution in [0.15, 0.2) is 0 Å². The summed E-state index contributed by atoms with van der Waals surface area (Å²) in [7, 11) is 0. The fraction of sp³-hybridized carbons (Fsp3) is 0.769. The van der Waals surface area contributed by atoms with Crippen molar-refractivity contribution in [3.8, 4) is 0 Å². The van der Waals surface area contributed by atoms with Crippen LogP contribution in [0.4, 0.5) is 5.13 Å². The van der Waals surface area contributed by atoms with Crippen molar-refractivity contribution < 1.29 is 0 Å². The molecule has 96 valence electrons. The molecule has 1 aliphatic rings. The zero-order valence-electron chi connectivity index (χ0n) is 10.9. The van der Waals surface area contributed by atoms with Crippen molar-refractivity contribution >= 4 is 16.5 Å². The van der Waals surface area contributed by atoms with Crippen LogP contribution in [-0.2, 0) is 0 Å². The maximum atomic E-state index is 5.65. The Bertz CT molecular complexity index is 336. The number of aryl methyl sites for hydroxylation is 2. The smallest absolute Gasteiger partial charge is 0.186 e. The van der Waals surface area contributed by atoms with Crippen LogP contribution in [0, 0.1) is 13.8 Å². The highest BCUT2D eigenvalue weighted by Gasteiger charge is 2.24.